The third kappa shape index (κ3) is 4.03. The van der Waals surface area contributed by atoms with Gasteiger partial charge in [-0.25, -0.2) is 0 Å². The first kappa shape index (κ1) is 10.2. The lowest BCUT2D eigenvalue weighted by molar-refractivity contribution is -0.128. The van der Waals surface area contributed by atoms with Crippen LogP contribution in [0.25, 0.3) is 0 Å². The number of hydrogen-bond acceptors (Lipinski definition) is 3. The monoisotopic (exact) mass is 184 g/mol. The fourth-order valence-corrected chi connectivity index (χ4v) is 1.61. The van der Waals surface area contributed by atoms with E-state index in [2.05, 4.69) is 10.6 Å². The van der Waals surface area contributed by atoms with E-state index in [1.807, 2.05) is 0 Å². The van der Waals surface area contributed by atoms with Gasteiger partial charge in [0.1, 0.15) is 0 Å². The first-order valence-electron chi connectivity index (χ1n) is 4.72. The molecule has 0 bridgehead atoms. The molecule has 0 radical (unpaired) electrons. The molecule has 74 valence electrons. The molecule has 4 heteroatoms. The molecule has 0 aromatic carbocycles. The van der Waals surface area contributed by atoms with E-state index in [-0.39, 0.29) is 18.4 Å². The van der Waals surface area contributed by atoms with Crippen molar-refractivity contribution in [3.63, 3.8) is 0 Å². The van der Waals surface area contributed by atoms with Crippen molar-refractivity contribution in [2.75, 3.05) is 6.54 Å². The summed E-state index contributed by atoms with van der Waals surface area (Å²) in [6.07, 6.45) is 4.78. The Morgan fingerprint density at radius 2 is 1.92 bits per heavy atom. The molecule has 13 heavy (non-hydrogen) atoms. The zero-order valence-electron chi connectivity index (χ0n) is 7.93. The highest BCUT2D eigenvalue weighted by Gasteiger charge is 2.15. The van der Waals surface area contributed by atoms with Gasteiger partial charge in [0.2, 0.25) is 11.8 Å². The second kappa shape index (κ2) is 4.97. The Balaban J connectivity index is 2.10. The molecule has 1 aliphatic carbocycles. The third-order valence-corrected chi connectivity index (χ3v) is 2.22. The summed E-state index contributed by atoms with van der Waals surface area (Å²) in [5.41, 5.74) is 0. The molecular weight excluding hydrogens is 168 g/mol. The van der Waals surface area contributed by atoms with Crippen molar-refractivity contribution in [1.29, 1.82) is 0 Å². The fraction of sp³-hybridized carbons (Fsp3) is 0.778. The largest absolute Gasteiger partial charge is 0.306 e. The van der Waals surface area contributed by atoms with E-state index < -0.39 is 0 Å². The van der Waals surface area contributed by atoms with Gasteiger partial charge in [-0.15, -0.1) is 0 Å². The molecule has 1 rings (SSSR count). The zero-order valence-corrected chi connectivity index (χ0v) is 7.93. The molecule has 4 nitrogen and oxygen atoms in total. The molecule has 0 saturated heterocycles. The minimum absolute atomic E-state index is 0.237. The van der Waals surface area contributed by atoms with E-state index in [1.165, 1.54) is 19.8 Å². The van der Waals surface area contributed by atoms with Gasteiger partial charge in [-0.2, -0.15) is 0 Å². The number of carbonyl (C=O) groups is 2. The second-order valence-corrected chi connectivity index (χ2v) is 3.47. The molecule has 0 aliphatic heterocycles. The van der Waals surface area contributed by atoms with Gasteiger partial charge in [-0.05, 0) is 12.8 Å². The van der Waals surface area contributed by atoms with Crippen molar-refractivity contribution in [1.82, 2.24) is 10.6 Å². The van der Waals surface area contributed by atoms with Crippen LogP contribution < -0.4 is 10.6 Å². The van der Waals surface area contributed by atoms with Crippen LogP contribution in [0.5, 0.6) is 0 Å². The van der Waals surface area contributed by atoms with Crippen LogP contribution in [0.1, 0.15) is 32.6 Å². The lowest BCUT2D eigenvalue weighted by atomic mass is 10.2. The van der Waals surface area contributed by atoms with E-state index in [0.717, 1.165) is 12.8 Å². The molecule has 1 aliphatic rings. The zero-order chi connectivity index (χ0) is 9.68. The Morgan fingerprint density at radius 3 is 2.46 bits per heavy atom. The molecule has 2 amide bonds. The van der Waals surface area contributed by atoms with Crippen LogP contribution in [0, 0.1) is 0 Å². The summed E-state index contributed by atoms with van der Waals surface area (Å²) in [7, 11) is 0. The first-order chi connectivity index (χ1) is 6.18. The minimum Gasteiger partial charge on any atom is -0.306 e. The lowest BCUT2D eigenvalue weighted by Gasteiger charge is -2.10. The number of amides is 2. The van der Waals surface area contributed by atoms with Gasteiger partial charge >= 0.3 is 0 Å². The SMILES string of the molecule is CC(=O)NC(=O)CNC1CCCC1. The summed E-state index contributed by atoms with van der Waals surface area (Å²) in [5.74, 6) is -0.530. The Labute approximate surface area is 78.1 Å². The summed E-state index contributed by atoms with van der Waals surface area (Å²) in [5, 5.41) is 5.35. The predicted octanol–water partition coefficient (Wildman–Crippen LogP) is 0.181. The maximum atomic E-state index is 11.0. The third-order valence-electron chi connectivity index (χ3n) is 2.22. The Bertz CT molecular complexity index is 198. The van der Waals surface area contributed by atoms with Crippen molar-refractivity contribution >= 4 is 11.8 Å². The Kier molecular flexibility index (Phi) is 3.89. The average molecular weight is 184 g/mol. The van der Waals surface area contributed by atoms with Crippen molar-refractivity contribution in [2.24, 2.45) is 0 Å². The number of nitrogens with one attached hydrogen (secondary N) is 2. The highest BCUT2D eigenvalue weighted by Crippen LogP contribution is 2.16. The number of imide groups is 1. The van der Waals surface area contributed by atoms with Crippen molar-refractivity contribution < 1.29 is 9.59 Å². The van der Waals surface area contributed by atoms with Gasteiger partial charge in [0.15, 0.2) is 0 Å². The molecule has 0 aromatic rings. The van der Waals surface area contributed by atoms with Crippen LogP contribution in [-0.4, -0.2) is 24.4 Å². The van der Waals surface area contributed by atoms with Crippen LogP contribution >= 0.6 is 0 Å². The second-order valence-electron chi connectivity index (χ2n) is 3.47. The van der Waals surface area contributed by atoms with Gasteiger partial charge in [0.25, 0.3) is 0 Å². The maximum absolute atomic E-state index is 11.0. The minimum atomic E-state index is -0.293. The summed E-state index contributed by atoms with van der Waals surface area (Å²) in [6.45, 7) is 1.59. The fourth-order valence-electron chi connectivity index (χ4n) is 1.61. The molecule has 0 spiro atoms. The normalized spacial score (nSPS) is 17.3. The van der Waals surface area contributed by atoms with Gasteiger partial charge < -0.3 is 5.32 Å². The lowest BCUT2D eigenvalue weighted by Crippen LogP contribution is -2.39. The summed E-state index contributed by atoms with van der Waals surface area (Å²) in [6, 6.07) is 0.470. The van der Waals surface area contributed by atoms with Crippen LogP contribution in [0.3, 0.4) is 0 Å². The van der Waals surface area contributed by atoms with Crippen molar-refractivity contribution in [3.05, 3.63) is 0 Å². The van der Waals surface area contributed by atoms with E-state index in [1.54, 1.807) is 0 Å². The molecule has 0 unspecified atom stereocenters. The number of rotatable bonds is 3. The summed E-state index contributed by atoms with van der Waals surface area (Å²) < 4.78 is 0. The number of hydrogen-bond donors (Lipinski definition) is 2. The Hall–Kier alpha value is -0.900. The van der Waals surface area contributed by atoms with E-state index in [9.17, 15) is 9.59 Å². The van der Waals surface area contributed by atoms with Gasteiger partial charge in [-0.3, -0.25) is 14.9 Å². The predicted molar refractivity (Wildman–Crippen MR) is 49.1 cm³/mol. The van der Waals surface area contributed by atoms with E-state index >= 15 is 0 Å². The molecular formula is C9H16N2O2. The summed E-state index contributed by atoms with van der Waals surface area (Å²) >= 11 is 0. The first-order valence-corrected chi connectivity index (χ1v) is 4.72. The van der Waals surface area contributed by atoms with Crippen LogP contribution in [0.15, 0.2) is 0 Å². The molecule has 2 N–H and O–H groups in total. The van der Waals surface area contributed by atoms with Crippen LogP contribution in [0.2, 0.25) is 0 Å². The van der Waals surface area contributed by atoms with E-state index in [0.29, 0.717) is 6.04 Å². The van der Waals surface area contributed by atoms with E-state index in [4.69, 9.17) is 0 Å². The smallest absolute Gasteiger partial charge is 0.240 e. The maximum Gasteiger partial charge on any atom is 0.240 e. The van der Waals surface area contributed by atoms with Crippen molar-refractivity contribution in [2.45, 2.75) is 38.6 Å². The standard InChI is InChI=1S/C9H16N2O2/c1-7(12)11-9(13)6-10-8-4-2-3-5-8/h8,10H,2-6H2,1H3,(H,11,12,13). The quantitative estimate of drug-likeness (QED) is 0.658. The van der Waals surface area contributed by atoms with Gasteiger partial charge in [-0.1, -0.05) is 12.8 Å². The van der Waals surface area contributed by atoms with Crippen molar-refractivity contribution in [3.8, 4) is 0 Å². The Morgan fingerprint density at radius 1 is 1.31 bits per heavy atom. The highest BCUT2D eigenvalue weighted by molar-refractivity contribution is 5.94. The highest BCUT2D eigenvalue weighted by atomic mass is 16.2. The van der Waals surface area contributed by atoms with Crippen LogP contribution in [-0.2, 0) is 9.59 Å². The van der Waals surface area contributed by atoms with Gasteiger partial charge in [0.05, 0.1) is 6.54 Å². The average Bonchev–Trinajstić information content (AvgIpc) is 2.51. The van der Waals surface area contributed by atoms with Gasteiger partial charge in [0, 0.05) is 13.0 Å². The molecule has 0 aromatic heterocycles. The topological polar surface area (TPSA) is 58.2 Å². The number of carbonyl (C=O) groups excluding carboxylic acids is 2. The molecule has 0 atom stereocenters. The summed E-state index contributed by atoms with van der Waals surface area (Å²) in [4.78, 5) is 21.5. The molecule has 1 saturated carbocycles. The van der Waals surface area contributed by atoms with Crippen LogP contribution in [0.4, 0.5) is 0 Å². The molecule has 1 fully saturated rings. The molecule has 0 heterocycles.